The third-order valence-corrected chi connectivity index (χ3v) is 4.40. The van der Waals surface area contributed by atoms with Gasteiger partial charge in [-0.1, -0.05) is 56.4 Å². The summed E-state index contributed by atoms with van der Waals surface area (Å²) in [7, 11) is 0. The van der Waals surface area contributed by atoms with Crippen molar-refractivity contribution in [3.8, 4) is 0 Å². The van der Waals surface area contributed by atoms with E-state index < -0.39 is 0 Å². The number of fused-ring (bicyclic) bond motifs is 2. The number of hydrogen-bond acceptors (Lipinski definition) is 2. The Morgan fingerprint density at radius 2 is 1.65 bits per heavy atom. The van der Waals surface area contributed by atoms with Crippen molar-refractivity contribution < 1.29 is 4.79 Å². The standard InChI is InChI=1S/C18H16OS/c1-3-11-9-12(4-2)16-15(10-11)18(20)14-8-6-5-7-13(14)17(16)19/h5-10H,3-4H2,1-2H3. The highest BCUT2D eigenvalue weighted by molar-refractivity contribution is 7.81. The average molecular weight is 280 g/mol. The van der Waals surface area contributed by atoms with E-state index in [0.717, 1.165) is 45.5 Å². The second-order valence-electron chi connectivity index (χ2n) is 5.09. The molecular formula is C18H16OS. The fraction of sp³-hybridized carbons (Fsp3) is 0.222. The van der Waals surface area contributed by atoms with Crippen molar-refractivity contribution in [3.05, 3.63) is 69.8 Å². The number of ketones is 1. The summed E-state index contributed by atoms with van der Waals surface area (Å²) in [5.41, 5.74) is 5.75. The van der Waals surface area contributed by atoms with Crippen LogP contribution in [0.25, 0.3) is 0 Å². The first-order valence-corrected chi connectivity index (χ1v) is 7.42. The van der Waals surface area contributed by atoms with E-state index in [1.165, 1.54) is 5.56 Å². The van der Waals surface area contributed by atoms with Crippen molar-refractivity contribution in [3.63, 3.8) is 0 Å². The molecule has 0 bridgehead atoms. The van der Waals surface area contributed by atoms with Crippen molar-refractivity contribution in [1.29, 1.82) is 0 Å². The zero-order valence-electron chi connectivity index (χ0n) is 11.7. The Bertz CT molecular complexity index is 728. The molecule has 0 fully saturated rings. The van der Waals surface area contributed by atoms with E-state index in [0.29, 0.717) is 0 Å². The first-order valence-electron chi connectivity index (χ1n) is 7.01. The Kier molecular flexibility index (Phi) is 3.27. The summed E-state index contributed by atoms with van der Waals surface area (Å²) in [6.07, 6.45) is 1.81. The minimum absolute atomic E-state index is 0.115. The Hall–Kier alpha value is -1.80. The van der Waals surface area contributed by atoms with Gasteiger partial charge in [0.15, 0.2) is 5.78 Å². The number of hydrogen-bond donors (Lipinski definition) is 0. The zero-order valence-corrected chi connectivity index (χ0v) is 12.5. The second-order valence-corrected chi connectivity index (χ2v) is 5.50. The van der Waals surface area contributed by atoms with Gasteiger partial charge < -0.3 is 0 Å². The predicted molar refractivity (Wildman–Crippen MR) is 85.9 cm³/mol. The third-order valence-electron chi connectivity index (χ3n) is 3.96. The van der Waals surface area contributed by atoms with E-state index in [4.69, 9.17) is 12.2 Å². The summed E-state index contributed by atoms with van der Waals surface area (Å²) in [6, 6.07) is 11.9. The van der Waals surface area contributed by atoms with Gasteiger partial charge in [0, 0.05) is 22.3 Å². The SMILES string of the molecule is CCc1cc(CC)c2c(c1)C(=S)c1ccccc1C2=O. The molecule has 2 heteroatoms. The molecule has 20 heavy (non-hydrogen) atoms. The lowest BCUT2D eigenvalue weighted by Gasteiger charge is -2.22. The molecule has 0 spiro atoms. The van der Waals surface area contributed by atoms with Crippen LogP contribution < -0.4 is 0 Å². The molecule has 2 aromatic carbocycles. The number of aryl methyl sites for hydroxylation is 2. The number of rotatable bonds is 2. The lowest BCUT2D eigenvalue weighted by molar-refractivity contribution is 0.103. The van der Waals surface area contributed by atoms with Crippen LogP contribution in [0.3, 0.4) is 0 Å². The molecule has 1 nitrogen and oxygen atoms in total. The van der Waals surface area contributed by atoms with Crippen LogP contribution in [0.1, 0.15) is 52.0 Å². The van der Waals surface area contributed by atoms with Crippen molar-refractivity contribution in [2.75, 3.05) is 0 Å². The molecule has 0 aliphatic heterocycles. The minimum atomic E-state index is 0.115. The fourth-order valence-corrected chi connectivity index (χ4v) is 3.20. The molecule has 100 valence electrons. The Morgan fingerprint density at radius 3 is 2.30 bits per heavy atom. The van der Waals surface area contributed by atoms with E-state index in [-0.39, 0.29) is 5.78 Å². The van der Waals surface area contributed by atoms with Crippen LogP contribution in [0.4, 0.5) is 0 Å². The molecule has 0 saturated carbocycles. The first-order chi connectivity index (χ1) is 9.67. The summed E-state index contributed by atoms with van der Waals surface area (Å²) in [6.45, 7) is 4.22. The Labute approximate surface area is 124 Å². The van der Waals surface area contributed by atoms with Crippen molar-refractivity contribution >= 4 is 22.9 Å². The number of carbonyl (C=O) groups is 1. The van der Waals surface area contributed by atoms with Gasteiger partial charge in [0.1, 0.15) is 0 Å². The number of benzene rings is 2. The topological polar surface area (TPSA) is 17.1 Å². The minimum Gasteiger partial charge on any atom is -0.289 e. The number of thiocarbonyl (C=S) groups is 1. The molecule has 1 aliphatic carbocycles. The van der Waals surface area contributed by atoms with Crippen LogP contribution in [0, 0.1) is 0 Å². The number of carbonyl (C=O) groups excluding carboxylic acids is 1. The summed E-state index contributed by atoms with van der Waals surface area (Å²) in [4.78, 5) is 13.6. The molecule has 0 N–H and O–H groups in total. The fourth-order valence-electron chi connectivity index (χ4n) is 2.86. The van der Waals surface area contributed by atoms with E-state index in [9.17, 15) is 4.79 Å². The van der Waals surface area contributed by atoms with Gasteiger partial charge in [-0.05, 0) is 30.0 Å². The highest BCUT2D eigenvalue weighted by Gasteiger charge is 2.28. The maximum Gasteiger partial charge on any atom is 0.194 e. The van der Waals surface area contributed by atoms with Gasteiger partial charge in [0.05, 0.1) is 4.86 Å². The zero-order chi connectivity index (χ0) is 14.3. The molecule has 0 aromatic heterocycles. The molecule has 0 saturated heterocycles. The van der Waals surface area contributed by atoms with Crippen LogP contribution >= 0.6 is 12.2 Å². The van der Waals surface area contributed by atoms with Gasteiger partial charge in [0.2, 0.25) is 0 Å². The van der Waals surface area contributed by atoms with Crippen LogP contribution in [0.5, 0.6) is 0 Å². The lowest BCUT2D eigenvalue weighted by atomic mass is 9.81. The molecule has 1 aliphatic rings. The third kappa shape index (κ3) is 1.83. The molecule has 0 amide bonds. The van der Waals surface area contributed by atoms with Gasteiger partial charge in [-0.25, -0.2) is 0 Å². The largest absolute Gasteiger partial charge is 0.289 e. The highest BCUT2D eigenvalue weighted by atomic mass is 32.1. The van der Waals surface area contributed by atoms with E-state index in [1.807, 2.05) is 24.3 Å². The molecule has 2 aromatic rings. The summed E-state index contributed by atoms with van der Waals surface area (Å²) in [5.74, 6) is 0.115. The second kappa shape index (κ2) is 4.95. The first kappa shape index (κ1) is 13.2. The summed E-state index contributed by atoms with van der Waals surface area (Å²) >= 11 is 5.63. The van der Waals surface area contributed by atoms with Gasteiger partial charge in [-0.3, -0.25) is 4.79 Å². The van der Waals surface area contributed by atoms with Crippen molar-refractivity contribution in [2.24, 2.45) is 0 Å². The van der Waals surface area contributed by atoms with E-state index >= 15 is 0 Å². The van der Waals surface area contributed by atoms with Crippen LogP contribution in [0.2, 0.25) is 0 Å². The normalized spacial score (nSPS) is 13.1. The van der Waals surface area contributed by atoms with Gasteiger partial charge >= 0.3 is 0 Å². The lowest BCUT2D eigenvalue weighted by Crippen LogP contribution is -2.22. The summed E-state index contributed by atoms with van der Waals surface area (Å²) < 4.78 is 0. The van der Waals surface area contributed by atoms with Gasteiger partial charge in [-0.2, -0.15) is 0 Å². The van der Waals surface area contributed by atoms with Crippen molar-refractivity contribution in [2.45, 2.75) is 26.7 Å². The van der Waals surface area contributed by atoms with Crippen molar-refractivity contribution in [1.82, 2.24) is 0 Å². The maximum atomic E-state index is 12.8. The predicted octanol–water partition coefficient (Wildman–Crippen LogP) is 4.12. The monoisotopic (exact) mass is 280 g/mol. The van der Waals surface area contributed by atoms with Gasteiger partial charge in [0.25, 0.3) is 0 Å². The van der Waals surface area contributed by atoms with E-state index in [2.05, 4.69) is 26.0 Å². The summed E-state index contributed by atoms with van der Waals surface area (Å²) in [5, 5.41) is 0. The maximum absolute atomic E-state index is 12.8. The molecule has 0 heterocycles. The van der Waals surface area contributed by atoms with Crippen LogP contribution in [-0.4, -0.2) is 10.6 Å². The molecular weight excluding hydrogens is 264 g/mol. The van der Waals surface area contributed by atoms with E-state index in [1.54, 1.807) is 0 Å². The highest BCUT2D eigenvalue weighted by Crippen LogP contribution is 2.31. The van der Waals surface area contributed by atoms with Crippen LogP contribution in [0.15, 0.2) is 36.4 Å². The Balaban J connectivity index is 2.32. The molecule has 3 rings (SSSR count). The van der Waals surface area contributed by atoms with Crippen LogP contribution in [-0.2, 0) is 12.8 Å². The molecule has 0 radical (unpaired) electrons. The molecule has 0 unspecified atom stereocenters. The quantitative estimate of drug-likeness (QED) is 0.657. The smallest absolute Gasteiger partial charge is 0.194 e. The Morgan fingerprint density at radius 1 is 0.950 bits per heavy atom. The average Bonchev–Trinajstić information content (AvgIpc) is 2.51. The molecule has 0 atom stereocenters. The van der Waals surface area contributed by atoms with Gasteiger partial charge in [-0.15, -0.1) is 0 Å².